The van der Waals surface area contributed by atoms with Crippen LogP contribution in [0.5, 0.6) is 0 Å². The normalized spacial score (nSPS) is 11.5. The molecular formula is C11H19N3O. The van der Waals surface area contributed by atoms with E-state index in [0.717, 1.165) is 5.69 Å². The molecule has 0 aliphatic rings. The van der Waals surface area contributed by atoms with Gasteiger partial charge in [0.15, 0.2) is 0 Å². The van der Waals surface area contributed by atoms with Crippen LogP contribution in [0.1, 0.15) is 43.9 Å². The van der Waals surface area contributed by atoms with Crippen molar-refractivity contribution in [1.29, 1.82) is 0 Å². The Morgan fingerprint density at radius 1 is 1.53 bits per heavy atom. The Labute approximate surface area is 90.7 Å². The summed E-state index contributed by atoms with van der Waals surface area (Å²) in [5.41, 5.74) is 1.29. The fourth-order valence-electron chi connectivity index (χ4n) is 1.37. The van der Waals surface area contributed by atoms with E-state index >= 15 is 0 Å². The molecule has 0 atom stereocenters. The van der Waals surface area contributed by atoms with Gasteiger partial charge >= 0.3 is 0 Å². The van der Waals surface area contributed by atoms with Crippen molar-refractivity contribution >= 4 is 5.91 Å². The van der Waals surface area contributed by atoms with Gasteiger partial charge in [-0.2, -0.15) is 5.10 Å². The Bertz CT molecular complexity index is 360. The minimum atomic E-state index is -0.214. The van der Waals surface area contributed by atoms with Gasteiger partial charge in [0.05, 0.1) is 5.69 Å². The molecule has 4 heteroatoms. The Morgan fingerprint density at radius 3 is 2.60 bits per heavy atom. The number of hydrogen-bond acceptors (Lipinski definition) is 2. The van der Waals surface area contributed by atoms with E-state index in [4.69, 9.17) is 0 Å². The maximum Gasteiger partial charge on any atom is 0.269 e. The summed E-state index contributed by atoms with van der Waals surface area (Å²) >= 11 is 0. The Morgan fingerprint density at radius 2 is 2.13 bits per heavy atom. The number of nitrogens with one attached hydrogen (secondary N) is 1. The van der Waals surface area contributed by atoms with Crippen LogP contribution in [0.15, 0.2) is 6.07 Å². The number of nitrogens with zero attached hydrogens (tertiary/aromatic N) is 2. The number of carbonyl (C=O) groups excluding carboxylic acids is 1. The van der Waals surface area contributed by atoms with E-state index in [1.165, 1.54) is 0 Å². The molecule has 1 aromatic heterocycles. The SMILES string of the molecule is CCn1nc(C)cc1C(=O)NC(C)(C)C. The Balaban J connectivity index is 2.91. The Hall–Kier alpha value is -1.32. The lowest BCUT2D eigenvalue weighted by Gasteiger charge is -2.20. The molecule has 0 fully saturated rings. The minimum Gasteiger partial charge on any atom is -0.346 e. The fourth-order valence-corrected chi connectivity index (χ4v) is 1.37. The van der Waals surface area contributed by atoms with Gasteiger partial charge in [0.1, 0.15) is 5.69 Å². The molecular weight excluding hydrogens is 190 g/mol. The second kappa shape index (κ2) is 4.04. The molecule has 0 unspecified atom stereocenters. The highest BCUT2D eigenvalue weighted by molar-refractivity contribution is 5.93. The monoisotopic (exact) mass is 209 g/mol. The zero-order valence-electron chi connectivity index (χ0n) is 10.1. The quantitative estimate of drug-likeness (QED) is 0.806. The maximum absolute atomic E-state index is 11.9. The van der Waals surface area contributed by atoms with Gasteiger partial charge in [0.25, 0.3) is 5.91 Å². The van der Waals surface area contributed by atoms with Gasteiger partial charge in [-0.25, -0.2) is 0 Å². The first-order valence-corrected chi connectivity index (χ1v) is 5.20. The van der Waals surface area contributed by atoms with Gasteiger partial charge in [0, 0.05) is 12.1 Å². The summed E-state index contributed by atoms with van der Waals surface area (Å²) in [6.07, 6.45) is 0. The zero-order valence-corrected chi connectivity index (χ0v) is 10.1. The van der Waals surface area contributed by atoms with E-state index in [1.54, 1.807) is 4.68 Å². The van der Waals surface area contributed by atoms with Crippen LogP contribution in [-0.2, 0) is 6.54 Å². The molecule has 0 spiro atoms. The van der Waals surface area contributed by atoms with Crippen molar-refractivity contribution in [3.8, 4) is 0 Å². The topological polar surface area (TPSA) is 46.9 Å². The average Bonchev–Trinajstić information content (AvgIpc) is 2.43. The summed E-state index contributed by atoms with van der Waals surface area (Å²) < 4.78 is 1.72. The molecule has 0 radical (unpaired) electrons. The summed E-state index contributed by atoms with van der Waals surface area (Å²) in [5, 5.41) is 7.16. The Kier molecular flexibility index (Phi) is 3.17. The predicted octanol–water partition coefficient (Wildman–Crippen LogP) is 1.74. The van der Waals surface area contributed by atoms with E-state index in [9.17, 15) is 4.79 Å². The summed E-state index contributed by atoms with van der Waals surface area (Å²) in [7, 11) is 0. The molecule has 15 heavy (non-hydrogen) atoms. The minimum absolute atomic E-state index is 0.0649. The third-order valence-corrected chi connectivity index (χ3v) is 1.92. The van der Waals surface area contributed by atoms with Gasteiger partial charge in [-0.05, 0) is 40.7 Å². The number of amides is 1. The molecule has 4 nitrogen and oxygen atoms in total. The largest absolute Gasteiger partial charge is 0.346 e. The molecule has 1 rings (SSSR count). The highest BCUT2D eigenvalue weighted by Gasteiger charge is 2.18. The molecule has 84 valence electrons. The van der Waals surface area contributed by atoms with Gasteiger partial charge in [-0.1, -0.05) is 0 Å². The molecule has 0 saturated heterocycles. The molecule has 1 heterocycles. The van der Waals surface area contributed by atoms with Crippen LogP contribution in [0, 0.1) is 6.92 Å². The van der Waals surface area contributed by atoms with Crippen LogP contribution in [0.3, 0.4) is 0 Å². The first-order valence-electron chi connectivity index (χ1n) is 5.20. The van der Waals surface area contributed by atoms with Crippen molar-refractivity contribution in [2.45, 2.75) is 46.7 Å². The van der Waals surface area contributed by atoms with Crippen LogP contribution in [0.2, 0.25) is 0 Å². The van der Waals surface area contributed by atoms with Crippen LogP contribution in [-0.4, -0.2) is 21.2 Å². The average molecular weight is 209 g/mol. The predicted molar refractivity (Wildman–Crippen MR) is 59.9 cm³/mol. The van der Waals surface area contributed by atoms with E-state index < -0.39 is 0 Å². The maximum atomic E-state index is 11.9. The summed E-state index contributed by atoms with van der Waals surface area (Å²) in [4.78, 5) is 11.9. The highest BCUT2D eigenvalue weighted by atomic mass is 16.2. The molecule has 0 saturated carbocycles. The van der Waals surface area contributed by atoms with Gasteiger partial charge in [0.2, 0.25) is 0 Å². The van der Waals surface area contributed by atoms with Crippen LogP contribution in [0.4, 0.5) is 0 Å². The van der Waals surface area contributed by atoms with Gasteiger partial charge in [-0.15, -0.1) is 0 Å². The van der Waals surface area contributed by atoms with Crippen LogP contribution < -0.4 is 5.32 Å². The van der Waals surface area contributed by atoms with Crippen molar-refractivity contribution < 1.29 is 4.79 Å². The first kappa shape index (κ1) is 11.8. The lowest BCUT2D eigenvalue weighted by molar-refractivity contribution is 0.0908. The molecule has 0 aliphatic heterocycles. The van der Waals surface area contributed by atoms with Crippen molar-refractivity contribution in [2.24, 2.45) is 0 Å². The number of carbonyl (C=O) groups is 1. The molecule has 1 amide bonds. The highest BCUT2D eigenvalue weighted by Crippen LogP contribution is 2.07. The second-order valence-corrected chi connectivity index (χ2v) is 4.69. The fraction of sp³-hybridized carbons (Fsp3) is 0.636. The number of aryl methyl sites for hydroxylation is 2. The van der Waals surface area contributed by atoms with Crippen molar-refractivity contribution in [2.75, 3.05) is 0 Å². The smallest absolute Gasteiger partial charge is 0.269 e. The number of rotatable bonds is 2. The molecule has 1 N–H and O–H groups in total. The molecule has 0 aliphatic carbocycles. The van der Waals surface area contributed by atoms with Crippen LogP contribution >= 0.6 is 0 Å². The molecule has 0 aromatic carbocycles. The lowest BCUT2D eigenvalue weighted by atomic mass is 10.1. The van der Waals surface area contributed by atoms with Crippen molar-refractivity contribution in [3.05, 3.63) is 17.5 Å². The molecule has 0 bridgehead atoms. The summed E-state index contributed by atoms with van der Waals surface area (Å²) in [6.45, 7) is 10.5. The molecule has 1 aromatic rings. The van der Waals surface area contributed by atoms with E-state index in [0.29, 0.717) is 12.2 Å². The van der Waals surface area contributed by atoms with Crippen molar-refractivity contribution in [1.82, 2.24) is 15.1 Å². The van der Waals surface area contributed by atoms with E-state index in [-0.39, 0.29) is 11.4 Å². The lowest BCUT2D eigenvalue weighted by Crippen LogP contribution is -2.41. The summed E-state index contributed by atoms with van der Waals surface area (Å²) in [6, 6.07) is 1.81. The zero-order chi connectivity index (χ0) is 11.6. The van der Waals surface area contributed by atoms with Crippen LogP contribution in [0.25, 0.3) is 0 Å². The van der Waals surface area contributed by atoms with Gasteiger partial charge < -0.3 is 5.32 Å². The number of hydrogen-bond donors (Lipinski definition) is 1. The third kappa shape index (κ3) is 3.08. The second-order valence-electron chi connectivity index (χ2n) is 4.69. The van der Waals surface area contributed by atoms with E-state index in [1.807, 2.05) is 40.7 Å². The number of aromatic nitrogens is 2. The third-order valence-electron chi connectivity index (χ3n) is 1.92. The van der Waals surface area contributed by atoms with Gasteiger partial charge in [-0.3, -0.25) is 9.48 Å². The van der Waals surface area contributed by atoms with E-state index in [2.05, 4.69) is 10.4 Å². The first-order chi connectivity index (χ1) is 6.83. The standard InChI is InChI=1S/C11H19N3O/c1-6-14-9(7-8(2)13-14)10(15)12-11(3,4)5/h7H,6H2,1-5H3,(H,12,15). The van der Waals surface area contributed by atoms with Crippen molar-refractivity contribution in [3.63, 3.8) is 0 Å². The summed E-state index contributed by atoms with van der Waals surface area (Å²) in [5.74, 6) is -0.0649.